The maximum atomic E-state index is 13.4. The molecule has 0 aliphatic carbocycles. The van der Waals surface area contributed by atoms with Crippen LogP contribution >= 0.6 is 0 Å². The molecule has 7 nitrogen and oxygen atoms in total. The number of aryl methyl sites for hydroxylation is 1. The van der Waals surface area contributed by atoms with Crippen LogP contribution in [0.1, 0.15) is 36.0 Å². The van der Waals surface area contributed by atoms with Crippen LogP contribution in [0.5, 0.6) is 0 Å². The van der Waals surface area contributed by atoms with E-state index in [1.807, 2.05) is 11.8 Å². The number of fused-ring (bicyclic) bond motifs is 1. The van der Waals surface area contributed by atoms with Crippen molar-refractivity contribution in [2.45, 2.75) is 39.3 Å². The molecule has 0 amide bonds. The number of nitrogens with zero attached hydrogens (tertiary/aromatic N) is 3. The first-order chi connectivity index (χ1) is 12.0. The SMILES string of the molecule is CCCc1nc2c(c(=O)[nH]1)CN(Cc1ccc(F)c([N+](=O)[O-])c1)CC2. The molecule has 8 heteroatoms. The van der Waals surface area contributed by atoms with E-state index in [0.29, 0.717) is 43.0 Å². The van der Waals surface area contributed by atoms with Crippen LogP contribution in [-0.4, -0.2) is 26.3 Å². The lowest BCUT2D eigenvalue weighted by molar-refractivity contribution is -0.387. The second-order valence-electron chi connectivity index (χ2n) is 6.19. The summed E-state index contributed by atoms with van der Waals surface area (Å²) in [5.41, 5.74) is 1.46. The minimum absolute atomic E-state index is 0.122. The zero-order valence-corrected chi connectivity index (χ0v) is 13.9. The van der Waals surface area contributed by atoms with Crippen molar-refractivity contribution < 1.29 is 9.31 Å². The Morgan fingerprint density at radius 3 is 2.96 bits per heavy atom. The summed E-state index contributed by atoms with van der Waals surface area (Å²) < 4.78 is 13.4. The van der Waals surface area contributed by atoms with Gasteiger partial charge in [0, 0.05) is 38.5 Å². The van der Waals surface area contributed by atoms with Crippen LogP contribution < -0.4 is 5.56 Å². The van der Waals surface area contributed by atoms with Crippen molar-refractivity contribution in [1.82, 2.24) is 14.9 Å². The van der Waals surface area contributed by atoms with E-state index in [1.54, 1.807) is 0 Å². The molecule has 2 heterocycles. The molecule has 0 bridgehead atoms. The molecule has 0 atom stereocenters. The second-order valence-corrected chi connectivity index (χ2v) is 6.19. The number of halogens is 1. The van der Waals surface area contributed by atoms with E-state index < -0.39 is 16.4 Å². The maximum Gasteiger partial charge on any atom is 0.305 e. The first-order valence-corrected chi connectivity index (χ1v) is 8.24. The number of rotatable bonds is 5. The van der Waals surface area contributed by atoms with Gasteiger partial charge in [-0.1, -0.05) is 13.0 Å². The summed E-state index contributed by atoms with van der Waals surface area (Å²) in [6.07, 6.45) is 2.31. The van der Waals surface area contributed by atoms with Crippen LogP contribution in [0.15, 0.2) is 23.0 Å². The van der Waals surface area contributed by atoms with Gasteiger partial charge in [0.1, 0.15) is 5.82 Å². The van der Waals surface area contributed by atoms with Crippen LogP contribution in [0.3, 0.4) is 0 Å². The number of H-pyrrole nitrogens is 1. The first-order valence-electron chi connectivity index (χ1n) is 8.24. The van der Waals surface area contributed by atoms with Crippen LogP contribution in [0, 0.1) is 15.9 Å². The van der Waals surface area contributed by atoms with E-state index in [4.69, 9.17) is 0 Å². The van der Waals surface area contributed by atoms with Crippen molar-refractivity contribution in [1.29, 1.82) is 0 Å². The number of benzene rings is 1. The van der Waals surface area contributed by atoms with Crippen LogP contribution in [0.4, 0.5) is 10.1 Å². The Balaban J connectivity index is 1.79. The highest BCUT2D eigenvalue weighted by molar-refractivity contribution is 5.36. The topological polar surface area (TPSA) is 92.1 Å². The summed E-state index contributed by atoms with van der Waals surface area (Å²) in [4.78, 5) is 31.8. The molecule has 25 heavy (non-hydrogen) atoms. The zero-order valence-electron chi connectivity index (χ0n) is 13.9. The highest BCUT2D eigenvalue weighted by Gasteiger charge is 2.22. The molecule has 1 aromatic heterocycles. The predicted molar refractivity (Wildman–Crippen MR) is 89.7 cm³/mol. The Bertz CT molecular complexity index is 865. The third kappa shape index (κ3) is 3.74. The highest BCUT2D eigenvalue weighted by Crippen LogP contribution is 2.21. The number of aromatic nitrogens is 2. The Morgan fingerprint density at radius 1 is 1.44 bits per heavy atom. The summed E-state index contributed by atoms with van der Waals surface area (Å²) in [5, 5.41) is 10.9. The summed E-state index contributed by atoms with van der Waals surface area (Å²) in [6.45, 7) is 3.56. The first kappa shape index (κ1) is 17.2. The van der Waals surface area contributed by atoms with Crippen LogP contribution in [0.2, 0.25) is 0 Å². The van der Waals surface area contributed by atoms with E-state index in [0.717, 1.165) is 24.6 Å². The summed E-state index contributed by atoms with van der Waals surface area (Å²) in [7, 11) is 0. The molecule has 3 rings (SSSR count). The van der Waals surface area contributed by atoms with Crippen LogP contribution in [0.25, 0.3) is 0 Å². The highest BCUT2D eigenvalue weighted by atomic mass is 19.1. The molecule has 1 aliphatic rings. The lowest BCUT2D eigenvalue weighted by Gasteiger charge is -2.27. The fourth-order valence-corrected chi connectivity index (χ4v) is 3.08. The van der Waals surface area contributed by atoms with Gasteiger partial charge in [-0.3, -0.25) is 19.8 Å². The van der Waals surface area contributed by atoms with Crippen molar-refractivity contribution in [3.8, 4) is 0 Å². The van der Waals surface area contributed by atoms with Gasteiger partial charge in [0.2, 0.25) is 5.82 Å². The number of aromatic amines is 1. The van der Waals surface area contributed by atoms with E-state index in [9.17, 15) is 19.3 Å². The summed E-state index contributed by atoms with van der Waals surface area (Å²) in [6, 6.07) is 3.89. The molecule has 1 aliphatic heterocycles. The van der Waals surface area contributed by atoms with Crippen molar-refractivity contribution in [2.24, 2.45) is 0 Å². The third-order valence-electron chi connectivity index (χ3n) is 4.30. The minimum atomic E-state index is -0.846. The van der Waals surface area contributed by atoms with Gasteiger partial charge in [0.25, 0.3) is 5.56 Å². The van der Waals surface area contributed by atoms with Gasteiger partial charge in [-0.15, -0.1) is 0 Å². The standard InChI is InChI=1S/C17H19FN4O3/c1-2-3-16-19-14-6-7-21(10-12(14)17(23)20-16)9-11-4-5-13(18)15(8-11)22(24)25/h4-5,8H,2-3,6-7,9-10H2,1H3,(H,19,20,23). The number of hydrogen-bond donors (Lipinski definition) is 1. The van der Waals surface area contributed by atoms with Crippen molar-refractivity contribution in [2.75, 3.05) is 6.54 Å². The van der Waals surface area contributed by atoms with E-state index >= 15 is 0 Å². The predicted octanol–water partition coefficient (Wildman–Crippen LogP) is 2.33. The number of nitro benzene ring substituents is 1. The molecular formula is C17H19FN4O3. The van der Waals surface area contributed by atoms with Crippen molar-refractivity contribution >= 4 is 5.69 Å². The Kier molecular flexibility index (Phi) is 4.89. The third-order valence-corrected chi connectivity index (χ3v) is 4.30. The number of hydrogen-bond acceptors (Lipinski definition) is 5. The largest absolute Gasteiger partial charge is 0.310 e. The van der Waals surface area contributed by atoms with Gasteiger partial charge in [-0.25, -0.2) is 4.98 Å². The molecule has 1 aromatic carbocycles. The molecule has 132 valence electrons. The molecule has 0 radical (unpaired) electrons. The molecular weight excluding hydrogens is 327 g/mol. The quantitative estimate of drug-likeness (QED) is 0.663. The van der Waals surface area contributed by atoms with Gasteiger partial charge in [0.05, 0.1) is 16.2 Å². The van der Waals surface area contributed by atoms with E-state index in [2.05, 4.69) is 9.97 Å². The minimum Gasteiger partial charge on any atom is -0.310 e. The fourth-order valence-electron chi connectivity index (χ4n) is 3.08. The van der Waals surface area contributed by atoms with Gasteiger partial charge in [-0.2, -0.15) is 4.39 Å². The monoisotopic (exact) mass is 346 g/mol. The van der Waals surface area contributed by atoms with Crippen LogP contribution in [-0.2, 0) is 25.9 Å². The lowest BCUT2D eigenvalue weighted by Crippen LogP contribution is -2.35. The summed E-state index contributed by atoms with van der Waals surface area (Å²) in [5.74, 6) is -0.129. The normalized spacial score (nSPS) is 14.3. The lowest BCUT2D eigenvalue weighted by atomic mass is 10.1. The Hall–Kier alpha value is -2.61. The van der Waals surface area contributed by atoms with Gasteiger partial charge in [-0.05, 0) is 18.1 Å². The van der Waals surface area contributed by atoms with Gasteiger partial charge in [0.15, 0.2) is 0 Å². The molecule has 2 aromatic rings. The molecule has 0 spiro atoms. The zero-order chi connectivity index (χ0) is 18.0. The van der Waals surface area contributed by atoms with E-state index in [1.165, 1.54) is 12.1 Å². The average Bonchev–Trinajstić information content (AvgIpc) is 2.57. The average molecular weight is 346 g/mol. The number of nitrogens with one attached hydrogen (secondary N) is 1. The molecule has 0 saturated carbocycles. The van der Waals surface area contributed by atoms with Crippen molar-refractivity contribution in [3.63, 3.8) is 0 Å². The Morgan fingerprint density at radius 2 is 2.24 bits per heavy atom. The molecule has 0 saturated heterocycles. The maximum absolute atomic E-state index is 13.4. The number of nitro groups is 1. The summed E-state index contributed by atoms with van der Waals surface area (Å²) >= 11 is 0. The van der Waals surface area contributed by atoms with Gasteiger partial charge < -0.3 is 4.98 Å². The Labute approximate surface area is 143 Å². The molecule has 0 fully saturated rings. The van der Waals surface area contributed by atoms with E-state index in [-0.39, 0.29) is 5.56 Å². The fraction of sp³-hybridized carbons (Fsp3) is 0.412. The van der Waals surface area contributed by atoms with Crippen molar-refractivity contribution in [3.05, 3.63) is 67.1 Å². The second kappa shape index (κ2) is 7.10. The molecule has 1 N–H and O–H groups in total. The molecule has 0 unspecified atom stereocenters. The smallest absolute Gasteiger partial charge is 0.305 e. The van der Waals surface area contributed by atoms with Gasteiger partial charge >= 0.3 is 5.69 Å².